The summed E-state index contributed by atoms with van der Waals surface area (Å²) in [6, 6.07) is 12.5. The number of halogens is 1. The Labute approximate surface area is 217 Å². The SMILES string of the molecule is CCCCNC(=O)C(CC)N(Cc1ccc(Cl)cc1)C(=O)CCCN1C(=O)c2ccccc2S1(=O)=O. The maximum Gasteiger partial charge on any atom is 0.269 e. The Morgan fingerprint density at radius 2 is 1.75 bits per heavy atom. The monoisotopic (exact) mass is 533 g/mol. The highest BCUT2D eigenvalue weighted by molar-refractivity contribution is 7.90. The van der Waals surface area contributed by atoms with E-state index in [1.165, 1.54) is 17.0 Å². The van der Waals surface area contributed by atoms with Crippen LogP contribution in [-0.2, 0) is 26.2 Å². The second-order valence-electron chi connectivity index (χ2n) is 8.70. The van der Waals surface area contributed by atoms with Gasteiger partial charge in [-0.05, 0) is 49.1 Å². The lowest BCUT2D eigenvalue weighted by molar-refractivity contribution is -0.141. The number of sulfonamides is 1. The molecular weight excluding hydrogens is 502 g/mol. The molecule has 10 heteroatoms. The number of hydrogen-bond acceptors (Lipinski definition) is 5. The smallest absolute Gasteiger partial charge is 0.269 e. The van der Waals surface area contributed by atoms with E-state index >= 15 is 0 Å². The molecule has 2 aromatic rings. The molecule has 0 saturated carbocycles. The summed E-state index contributed by atoms with van der Waals surface area (Å²) in [7, 11) is -3.93. The third-order valence-corrected chi connectivity index (χ3v) is 8.24. The van der Waals surface area contributed by atoms with E-state index in [1.54, 1.807) is 36.4 Å². The van der Waals surface area contributed by atoms with Crippen molar-refractivity contribution in [1.29, 1.82) is 0 Å². The van der Waals surface area contributed by atoms with Gasteiger partial charge in [0.25, 0.3) is 15.9 Å². The van der Waals surface area contributed by atoms with Gasteiger partial charge in [0.05, 0.1) is 5.56 Å². The topological polar surface area (TPSA) is 104 Å². The third-order valence-electron chi connectivity index (χ3n) is 6.15. The Kier molecular flexibility index (Phi) is 9.50. The van der Waals surface area contributed by atoms with Crippen molar-refractivity contribution in [1.82, 2.24) is 14.5 Å². The summed E-state index contributed by atoms with van der Waals surface area (Å²) in [5.41, 5.74) is 0.961. The lowest BCUT2D eigenvalue weighted by Gasteiger charge is -2.31. The first-order chi connectivity index (χ1) is 17.2. The highest BCUT2D eigenvalue weighted by Crippen LogP contribution is 2.30. The molecule has 2 aromatic carbocycles. The summed E-state index contributed by atoms with van der Waals surface area (Å²) in [5.74, 6) is -1.09. The van der Waals surface area contributed by atoms with Crippen molar-refractivity contribution in [2.24, 2.45) is 0 Å². The van der Waals surface area contributed by atoms with Crippen LogP contribution in [-0.4, -0.2) is 54.5 Å². The molecule has 8 nitrogen and oxygen atoms in total. The Hall–Kier alpha value is -2.91. The maximum atomic E-state index is 13.4. The molecule has 0 aliphatic carbocycles. The van der Waals surface area contributed by atoms with Crippen LogP contribution in [0.1, 0.15) is 61.9 Å². The van der Waals surface area contributed by atoms with Gasteiger partial charge in [-0.15, -0.1) is 0 Å². The number of unbranched alkanes of at least 4 members (excludes halogenated alkanes) is 1. The quantitative estimate of drug-likeness (QED) is 0.415. The predicted molar refractivity (Wildman–Crippen MR) is 138 cm³/mol. The molecule has 194 valence electrons. The van der Waals surface area contributed by atoms with Gasteiger partial charge in [0.1, 0.15) is 10.9 Å². The Balaban J connectivity index is 1.72. The lowest BCUT2D eigenvalue weighted by atomic mass is 10.1. The predicted octanol–water partition coefficient (Wildman–Crippen LogP) is 3.99. The minimum atomic E-state index is -3.93. The van der Waals surface area contributed by atoms with Crippen molar-refractivity contribution in [3.05, 3.63) is 64.7 Å². The lowest BCUT2D eigenvalue weighted by Crippen LogP contribution is -2.49. The molecule has 3 rings (SSSR count). The van der Waals surface area contributed by atoms with Crippen molar-refractivity contribution < 1.29 is 22.8 Å². The van der Waals surface area contributed by atoms with Crippen LogP contribution in [0, 0.1) is 0 Å². The number of carbonyl (C=O) groups is 3. The van der Waals surface area contributed by atoms with Crippen LogP contribution in [0.4, 0.5) is 0 Å². The van der Waals surface area contributed by atoms with Crippen LogP contribution in [0.3, 0.4) is 0 Å². The minimum Gasteiger partial charge on any atom is -0.354 e. The fourth-order valence-electron chi connectivity index (χ4n) is 4.18. The molecule has 1 aliphatic rings. The fourth-order valence-corrected chi connectivity index (χ4v) is 5.92. The molecule has 0 fully saturated rings. The average molecular weight is 534 g/mol. The van der Waals surface area contributed by atoms with Gasteiger partial charge in [-0.3, -0.25) is 14.4 Å². The standard InChI is InChI=1S/C26H32ClN3O5S/c1-3-5-16-28-25(32)22(4-2)29(18-19-12-14-20(27)15-13-19)24(31)11-8-17-30-26(33)21-9-6-7-10-23(21)36(30,34)35/h6-7,9-10,12-15,22H,3-5,8,11,16-18H2,1-2H3,(H,28,32). The summed E-state index contributed by atoms with van der Waals surface area (Å²) >= 11 is 6.00. The number of rotatable bonds is 12. The fraction of sp³-hybridized carbons (Fsp3) is 0.423. The van der Waals surface area contributed by atoms with Gasteiger partial charge in [-0.1, -0.05) is 56.1 Å². The number of carbonyl (C=O) groups excluding carboxylic acids is 3. The molecule has 0 spiro atoms. The van der Waals surface area contributed by atoms with Gasteiger partial charge >= 0.3 is 0 Å². The first kappa shape index (κ1) is 27.7. The molecule has 1 heterocycles. The van der Waals surface area contributed by atoms with Crippen LogP contribution in [0.5, 0.6) is 0 Å². The summed E-state index contributed by atoms with van der Waals surface area (Å²) in [4.78, 5) is 40.4. The van der Waals surface area contributed by atoms with Crippen LogP contribution in [0.2, 0.25) is 5.02 Å². The van der Waals surface area contributed by atoms with Crippen LogP contribution in [0.25, 0.3) is 0 Å². The van der Waals surface area contributed by atoms with Crippen molar-refractivity contribution in [2.75, 3.05) is 13.1 Å². The normalized spacial score (nSPS) is 14.9. The number of fused-ring (bicyclic) bond motifs is 1. The van der Waals surface area contributed by atoms with Crippen LogP contribution >= 0.6 is 11.6 Å². The number of benzene rings is 2. The zero-order chi connectivity index (χ0) is 26.3. The Morgan fingerprint density at radius 3 is 2.39 bits per heavy atom. The largest absolute Gasteiger partial charge is 0.354 e. The molecule has 36 heavy (non-hydrogen) atoms. The van der Waals surface area contributed by atoms with E-state index in [4.69, 9.17) is 11.6 Å². The summed E-state index contributed by atoms with van der Waals surface area (Å²) in [5, 5.41) is 3.47. The zero-order valence-corrected chi connectivity index (χ0v) is 22.1. The van der Waals surface area contributed by atoms with Gasteiger partial charge in [0.2, 0.25) is 11.8 Å². The van der Waals surface area contributed by atoms with Crippen molar-refractivity contribution in [3.8, 4) is 0 Å². The molecule has 1 aliphatic heterocycles. The van der Waals surface area contributed by atoms with Gasteiger partial charge < -0.3 is 10.2 Å². The second kappa shape index (κ2) is 12.4. The third kappa shape index (κ3) is 6.25. The van der Waals surface area contributed by atoms with Gasteiger partial charge in [0, 0.05) is 31.1 Å². The number of nitrogens with zero attached hydrogens (tertiary/aromatic N) is 2. The highest BCUT2D eigenvalue weighted by Gasteiger charge is 2.40. The molecule has 0 radical (unpaired) electrons. The van der Waals surface area contributed by atoms with Crippen LogP contribution in [0.15, 0.2) is 53.4 Å². The molecular formula is C26H32ClN3O5S. The number of nitrogens with one attached hydrogen (secondary N) is 1. The van der Waals surface area contributed by atoms with E-state index in [0.717, 1.165) is 22.7 Å². The summed E-state index contributed by atoms with van der Waals surface area (Å²) in [6.45, 7) is 4.50. The van der Waals surface area contributed by atoms with E-state index in [2.05, 4.69) is 5.32 Å². The summed E-state index contributed by atoms with van der Waals surface area (Å²) in [6.07, 6.45) is 2.33. The zero-order valence-electron chi connectivity index (χ0n) is 20.6. The molecule has 1 atom stereocenters. The molecule has 1 unspecified atom stereocenters. The highest BCUT2D eigenvalue weighted by atomic mass is 35.5. The molecule has 0 bridgehead atoms. The molecule has 0 saturated heterocycles. The number of hydrogen-bond donors (Lipinski definition) is 1. The van der Waals surface area contributed by atoms with Crippen molar-refractivity contribution in [3.63, 3.8) is 0 Å². The van der Waals surface area contributed by atoms with E-state index in [9.17, 15) is 22.8 Å². The van der Waals surface area contributed by atoms with E-state index in [-0.39, 0.29) is 48.2 Å². The van der Waals surface area contributed by atoms with Crippen molar-refractivity contribution in [2.45, 2.75) is 63.4 Å². The Morgan fingerprint density at radius 1 is 1.06 bits per heavy atom. The van der Waals surface area contributed by atoms with Crippen molar-refractivity contribution >= 4 is 39.3 Å². The first-order valence-corrected chi connectivity index (χ1v) is 14.0. The number of amides is 3. The summed E-state index contributed by atoms with van der Waals surface area (Å²) < 4.78 is 26.4. The molecule has 3 amide bonds. The second-order valence-corrected chi connectivity index (χ2v) is 11.0. The van der Waals surface area contributed by atoms with Gasteiger partial charge in [0.15, 0.2) is 0 Å². The maximum absolute atomic E-state index is 13.4. The van der Waals surface area contributed by atoms with Gasteiger partial charge in [-0.25, -0.2) is 12.7 Å². The van der Waals surface area contributed by atoms with Crippen LogP contribution < -0.4 is 5.32 Å². The Bertz CT molecular complexity index is 1200. The molecule has 0 aromatic heterocycles. The first-order valence-electron chi connectivity index (χ1n) is 12.2. The van der Waals surface area contributed by atoms with E-state index < -0.39 is 22.0 Å². The average Bonchev–Trinajstić information content (AvgIpc) is 3.05. The molecule has 1 N–H and O–H groups in total. The van der Waals surface area contributed by atoms with E-state index in [1.807, 2.05) is 13.8 Å². The minimum absolute atomic E-state index is 0.0119. The van der Waals surface area contributed by atoms with Gasteiger partial charge in [-0.2, -0.15) is 0 Å². The van der Waals surface area contributed by atoms with E-state index in [0.29, 0.717) is 18.0 Å².